The highest BCUT2D eigenvalue weighted by Crippen LogP contribution is 2.44. The van der Waals surface area contributed by atoms with E-state index in [2.05, 4.69) is 34.2 Å². The summed E-state index contributed by atoms with van der Waals surface area (Å²) in [6.45, 7) is 15.5. The third kappa shape index (κ3) is 8.60. The minimum atomic E-state index is -1.26. The molecule has 0 radical (unpaired) electrons. The Bertz CT molecular complexity index is 1920. The molecule has 1 amide bonds. The first-order chi connectivity index (χ1) is 27.4. The Kier molecular flexibility index (Phi) is 13.2. The number of amides is 1. The zero-order valence-corrected chi connectivity index (χ0v) is 36.3. The Morgan fingerprint density at radius 1 is 1.10 bits per heavy atom. The number of tetrazole rings is 1. The van der Waals surface area contributed by atoms with Crippen molar-refractivity contribution in [1.29, 1.82) is 0 Å². The van der Waals surface area contributed by atoms with Crippen molar-refractivity contribution in [2.75, 3.05) is 33.8 Å². The van der Waals surface area contributed by atoms with Crippen molar-refractivity contribution in [3.8, 4) is 22.5 Å². The number of rotatable bonds is 7. The van der Waals surface area contributed by atoms with E-state index in [1.807, 2.05) is 65.7 Å². The van der Waals surface area contributed by atoms with Crippen LogP contribution in [0.4, 0.5) is 4.79 Å². The highest BCUT2D eigenvalue weighted by atomic mass is 32.1. The summed E-state index contributed by atoms with van der Waals surface area (Å²) in [5.41, 5.74) is -1.62. The summed E-state index contributed by atoms with van der Waals surface area (Å²) < 4.78 is 32.2. The maximum absolute atomic E-state index is 14.6. The molecule has 1 N–H and O–H groups in total. The Balaban J connectivity index is 1.41. The molecule has 2 bridgehead atoms. The number of Topliss-reactive ketones (excluding diaryl/α,β-unsaturated/α-hetero) is 1. The lowest BCUT2D eigenvalue weighted by Gasteiger charge is -2.47. The Morgan fingerprint density at radius 2 is 1.84 bits per heavy atom. The first kappa shape index (κ1) is 43.8. The summed E-state index contributed by atoms with van der Waals surface area (Å²) in [6, 6.07) is 3.00. The number of likely N-dealkylation sites (N-methyl/N-ethyl adjacent to an activating group) is 1. The number of nitrogens with zero attached hydrogens (tertiary/aromatic N) is 7. The van der Waals surface area contributed by atoms with Crippen molar-refractivity contribution in [1.82, 2.24) is 30.0 Å². The molecular formula is C41H59N7O9S. The molecule has 4 aliphatic rings. The molecule has 17 heteroatoms. The zero-order valence-electron chi connectivity index (χ0n) is 35.5. The summed E-state index contributed by atoms with van der Waals surface area (Å²) >= 11 is 1.43. The fraction of sp³-hybridized carbons (Fsp3) is 0.732. The number of aryl methyl sites for hydroxylation is 1. The van der Waals surface area contributed by atoms with Gasteiger partial charge in [0, 0.05) is 30.1 Å². The van der Waals surface area contributed by atoms with Gasteiger partial charge in [0.2, 0.25) is 5.82 Å². The van der Waals surface area contributed by atoms with E-state index < -0.39 is 71.5 Å². The van der Waals surface area contributed by atoms with Gasteiger partial charge >= 0.3 is 12.1 Å². The van der Waals surface area contributed by atoms with Crippen molar-refractivity contribution in [2.45, 2.75) is 129 Å². The topological polar surface area (TPSA) is 180 Å². The second kappa shape index (κ2) is 17.4. The second-order valence-corrected chi connectivity index (χ2v) is 18.0. The lowest BCUT2D eigenvalue weighted by Crippen LogP contribution is -2.60. The van der Waals surface area contributed by atoms with Gasteiger partial charge in [-0.3, -0.25) is 19.5 Å². The number of aliphatic hydroxyl groups excluding tert-OH is 1. The number of ether oxygens (including phenoxy) is 5. The number of carbonyl (C=O) groups is 3. The van der Waals surface area contributed by atoms with Gasteiger partial charge in [0.05, 0.1) is 47.2 Å². The van der Waals surface area contributed by atoms with E-state index in [0.29, 0.717) is 38.2 Å². The van der Waals surface area contributed by atoms with E-state index in [1.165, 1.54) is 23.1 Å². The van der Waals surface area contributed by atoms with Gasteiger partial charge in [-0.25, -0.2) is 4.79 Å². The maximum Gasteiger partial charge on any atom is 0.410 e. The lowest BCUT2D eigenvalue weighted by molar-refractivity contribution is -0.296. The van der Waals surface area contributed by atoms with Crippen LogP contribution in [0.25, 0.3) is 10.7 Å². The first-order valence-electron chi connectivity index (χ1n) is 20.3. The Hall–Kier alpha value is -3.79. The molecule has 6 rings (SSSR count). The van der Waals surface area contributed by atoms with Crippen molar-refractivity contribution in [3.05, 3.63) is 17.0 Å². The molecular weight excluding hydrogens is 767 g/mol. The molecule has 13 atom stereocenters. The number of cyclic esters (lactones) is 1. The monoisotopic (exact) mass is 825 g/mol. The van der Waals surface area contributed by atoms with Crippen LogP contribution in [0.3, 0.4) is 0 Å². The maximum atomic E-state index is 14.6. The summed E-state index contributed by atoms with van der Waals surface area (Å²) in [5, 5.41) is 24.0. The number of hydrogen-bond donors (Lipinski definition) is 1. The number of carbonyl (C=O) groups excluding carboxylic acids is 3. The van der Waals surface area contributed by atoms with Crippen LogP contribution in [0.1, 0.15) is 79.5 Å². The standard InChI is InChI=1S/C41H59N7O9S/c1-12-30-41(8)34-24(4)31(42-17-18-48(34)39(52)57-41)22(2)21-40(7,53-19-13-14-27-15-16-29(58-27)36-43-45-47(11)44-36)35(25(5)32(49)26(6)37(51)55-30)56-38-33(50)28(46(9)10)20-23(3)54-38/h15-16,22-26,28,30,33-35,38,50H,12,17-21H2,1-11H3/t22-,23-,24+,25+,26-,28+,30-,33-,34-,35-,38+,40+,41-/m1/s1. The predicted octanol–water partition coefficient (Wildman–Crippen LogP) is 3.75. The number of aliphatic imine (C=N–C) groups is 1. The van der Waals surface area contributed by atoms with Crippen molar-refractivity contribution in [2.24, 2.45) is 35.7 Å². The van der Waals surface area contributed by atoms with Crippen LogP contribution >= 0.6 is 11.3 Å². The van der Waals surface area contributed by atoms with E-state index in [0.717, 1.165) is 15.5 Å². The fourth-order valence-electron chi connectivity index (χ4n) is 9.48. The molecule has 2 aromatic rings. The average molecular weight is 826 g/mol. The smallest absolute Gasteiger partial charge is 0.410 e. The molecule has 16 nitrogen and oxygen atoms in total. The molecule has 0 saturated carbocycles. The quantitative estimate of drug-likeness (QED) is 0.243. The van der Waals surface area contributed by atoms with Gasteiger partial charge in [-0.05, 0) is 84.3 Å². The van der Waals surface area contributed by atoms with Gasteiger partial charge in [-0.2, -0.15) is 4.80 Å². The van der Waals surface area contributed by atoms with Gasteiger partial charge in [-0.1, -0.05) is 39.5 Å². The molecule has 0 aliphatic carbocycles. The van der Waals surface area contributed by atoms with E-state index >= 15 is 0 Å². The van der Waals surface area contributed by atoms with E-state index in [1.54, 1.807) is 18.9 Å². The van der Waals surface area contributed by atoms with Crippen molar-refractivity contribution < 1.29 is 43.2 Å². The Morgan fingerprint density at radius 3 is 2.52 bits per heavy atom. The van der Waals surface area contributed by atoms with Crippen LogP contribution in [0, 0.1) is 35.5 Å². The zero-order chi connectivity index (χ0) is 42.3. The van der Waals surface area contributed by atoms with Crippen molar-refractivity contribution >= 4 is 34.9 Å². The molecule has 0 spiro atoms. The van der Waals surface area contributed by atoms with Gasteiger partial charge in [0.15, 0.2) is 17.7 Å². The number of aromatic nitrogens is 4. The van der Waals surface area contributed by atoms with Crippen LogP contribution in [-0.2, 0) is 40.3 Å². The van der Waals surface area contributed by atoms with E-state index in [-0.39, 0.29) is 30.6 Å². The van der Waals surface area contributed by atoms with Crippen LogP contribution in [0.15, 0.2) is 17.1 Å². The molecule has 4 aliphatic heterocycles. The fourth-order valence-corrected chi connectivity index (χ4v) is 10.3. The largest absolute Gasteiger partial charge is 0.458 e. The molecule has 2 aromatic heterocycles. The summed E-state index contributed by atoms with van der Waals surface area (Å²) in [5.74, 6) is 2.98. The molecule has 318 valence electrons. The number of fused-ring (bicyclic) bond motifs is 1. The minimum Gasteiger partial charge on any atom is -0.458 e. The lowest BCUT2D eigenvalue weighted by atomic mass is 9.73. The van der Waals surface area contributed by atoms with Crippen LogP contribution < -0.4 is 0 Å². The SMILES string of the molecule is CC[C@H]1OC(=O)[C@H](C)C(=O)[C@H](C)[C@@H](O[C@@H]2O[C@H](C)C[C@H](N(C)C)[C@H]2O)[C@@](C)(OCC#Cc2ccc(-c3nnn(C)n3)s2)C[C@@H](C)C2=NCCN3C(=O)O[C@@]1(C)[C@H]3[C@H]2C. The molecule has 0 unspecified atom stereocenters. The molecule has 0 aromatic carbocycles. The third-order valence-corrected chi connectivity index (χ3v) is 13.4. The van der Waals surface area contributed by atoms with E-state index in [9.17, 15) is 19.5 Å². The summed E-state index contributed by atoms with van der Waals surface area (Å²) in [4.78, 5) is 53.8. The number of esters is 1. The first-order valence-corrected chi connectivity index (χ1v) is 21.1. The molecule has 3 fully saturated rings. The summed E-state index contributed by atoms with van der Waals surface area (Å²) in [7, 11) is 5.49. The average Bonchev–Trinajstić information content (AvgIpc) is 3.86. The molecule has 58 heavy (non-hydrogen) atoms. The molecule has 3 saturated heterocycles. The van der Waals surface area contributed by atoms with Crippen LogP contribution in [0.2, 0.25) is 0 Å². The number of hydrogen-bond acceptors (Lipinski definition) is 15. The van der Waals surface area contributed by atoms with Crippen LogP contribution in [-0.4, -0.2) is 146 Å². The van der Waals surface area contributed by atoms with Crippen LogP contribution in [0.5, 0.6) is 0 Å². The van der Waals surface area contributed by atoms with Gasteiger partial charge in [0.25, 0.3) is 0 Å². The van der Waals surface area contributed by atoms with Crippen molar-refractivity contribution in [3.63, 3.8) is 0 Å². The van der Waals surface area contributed by atoms with Gasteiger partial charge in [-0.15, -0.1) is 21.5 Å². The molecule has 6 heterocycles. The number of ketones is 1. The second-order valence-electron chi connectivity index (χ2n) is 16.9. The third-order valence-electron chi connectivity index (χ3n) is 12.4. The summed E-state index contributed by atoms with van der Waals surface area (Å²) in [6.07, 6.45) is -3.53. The Labute approximate surface area is 344 Å². The predicted molar refractivity (Wildman–Crippen MR) is 215 cm³/mol. The number of aliphatic hydroxyl groups is 1. The number of thiophene rings is 1. The van der Waals surface area contributed by atoms with Gasteiger partial charge < -0.3 is 33.7 Å². The highest BCUT2D eigenvalue weighted by molar-refractivity contribution is 7.15. The van der Waals surface area contributed by atoms with E-state index in [4.69, 9.17) is 28.7 Å². The highest BCUT2D eigenvalue weighted by Gasteiger charge is 2.60. The normalized spacial score (nSPS) is 37.3. The minimum absolute atomic E-state index is 0.0416. The van der Waals surface area contributed by atoms with Gasteiger partial charge in [0.1, 0.15) is 24.7 Å².